The third kappa shape index (κ3) is 1.77. The summed E-state index contributed by atoms with van der Waals surface area (Å²) < 4.78 is 1.85. The summed E-state index contributed by atoms with van der Waals surface area (Å²) in [5.41, 5.74) is 5.64. The molecule has 0 saturated carbocycles. The van der Waals surface area contributed by atoms with Gasteiger partial charge >= 0.3 is 0 Å². The van der Waals surface area contributed by atoms with Gasteiger partial charge in [-0.1, -0.05) is 0 Å². The van der Waals surface area contributed by atoms with E-state index in [0.717, 1.165) is 25.9 Å². The van der Waals surface area contributed by atoms with Crippen LogP contribution in [-0.2, 0) is 0 Å². The van der Waals surface area contributed by atoms with E-state index in [9.17, 15) is 4.79 Å². The van der Waals surface area contributed by atoms with Crippen LogP contribution in [0.25, 0.3) is 0 Å². The zero-order chi connectivity index (χ0) is 9.97. The first-order valence-corrected chi connectivity index (χ1v) is 4.82. The lowest BCUT2D eigenvalue weighted by Crippen LogP contribution is -2.29. The lowest BCUT2D eigenvalue weighted by Gasteiger charge is -2.22. The molecule has 1 fully saturated rings. The Labute approximate surface area is 82.3 Å². The van der Waals surface area contributed by atoms with Crippen molar-refractivity contribution in [1.29, 1.82) is 0 Å². The second kappa shape index (κ2) is 3.79. The van der Waals surface area contributed by atoms with Crippen molar-refractivity contribution in [2.45, 2.75) is 18.9 Å². The zero-order valence-electron chi connectivity index (χ0n) is 7.94. The van der Waals surface area contributed by atoms with Crippen molar-refractivity contribution in [3.63, 3.8) is 0 Å². The van der Waals surface area contributed by atoms with Crippen LogP contribution in [0, 0.1) is 0 Å². The number of piperidine rings is 1. The lowest BCUT2D eigenvalue weighted by atomic mass is 10.1. The van der Waals surface area contributed by atoms with E-state index < -0.39 is 5.91 Å². The SMILES string of the molecule is NC(=O)c1cnn(C2CCNCC2)c1. The molecule has 1 aromatic heterocycles. The highest BCUT2D eigenvalue weighted by molar-refractivity contribution is 5.92. The number of carbonyl (C=O) groups is 1. The van der Waals surface area contributed by atoms with Crippen LogP contribution in [0.3, 0.4) is 0 Å². The first kappa shape index (κ1) is 9.21. The van der Waals surface area contributed by atoms with Crippen molar-refractivity contribution in [2.75, 3.05) is 13.1 Å². The van der Waals surface area contributed by atoms with Crippen LogP contribution >= 0.6 is 0 Å². The van der Waals surface area contributed by atoms with E-state index >= 15 is 0 Å². The Morgan fingerprint density at radius 2 is 2.29 bits per heavy atom. The molecule has 1 saturated heterocycles. The molecule has 2 heterocycles. The molecule has 1 amide bonds. The molecular weight excluding hydrogens is 180 g/mol. The van der Waals surface area contributed by atoms with Gasteiger partial charge in [-0.25, -0.2) is 0 Å². The Morgan fingerprint density at radius 3 is 2.86 bits per heavy atom. The average molecular weight is 194 g/mol. The molecule has 14 heavy (non-hydrogen) atoms. The monoisotopic (exact) mass is 194 g/mol. The molecule has 5 nitrogen and oxygen atoms in total. The van der Waals surface area contributed by atoms with Gasteiger partial charge in [-0.2, -0.15) is 5.10 Å². The fraction of sp³-hybridized carbons (Fsp3) is 0.556. The minimum Gasteiger partial charge on any atom is -0.366 e. The van der Waals surface area contributed by atoms with Crippen molar-refractivity contribution < 1.29 is 4.79 Å². The predicted molar refractivity (Wildman–Crippen MR) is 51.9 cm³/mol. The summed E-state index contributed by atoms with van der Waals surface area (Å²) in [4.78, 5) is 10.9. The Bertz CT molecular complexity index is 327. The van der Waals surface area contributed by atoms with Crippen molar-refractivity contribution >= 4 is 5.91 Å². The summed E-state index contributed by atoms with van der Waals surface area (Å²) >= 11 is 0. The molecule has 0 aromatic carbocycles. The van der Waals surface area contributed by atoms with E-state index in [2.05, 4.69) is 10.4 Å². The predicted octanol–water partition coefficient (Wildman–Crippen LogP) is -0.0935. The van der Waals surface area contributed by atoms with Gasteiger partial charge in [0.05, 0.1) is 17.8 Å². The number of nitrogens with zero attached hydrogens (tertiary/aromatic N) is 2. The number of aromatic nitrogens is 2. The Morgan fingerprint density at radius 1 is 1.57 bits per heavy atom. The fourth-order valence-electron chi connectivity index (χ4n) is 1.74. The van der Waals surface area contributed by atoms with Crippen LogP contribution < -0.4 is 11.1 Å². The molecule has 0 unspecified atom stereocenters. The highest BCUT2D eigenvalue weighted by Gasteiger charge is 2.16. The van der Waals surface area contributed by atoms with E-state index in [1.165, 1.54) is 6.20 Å². The molecule has 1 aromatic rings. The minimum absolute atomic E-state index is 0.407. The summed E-state index contributed by atoms with van der Waals surface area (Å²) in [5.74, 6) is -0.412. The molecule has 2 rings (SSSR count). The largest absolute Gasteiger partial charge is 0.366 e. The minimum atomic E-state index is -0.412. The molecule has 76 valence electrons. The van der Waals surface area contributed by atoms with E-state index in [4.69, 9.17) is 5.73 Å². The van der Waals surface area contributed by atoms with Crippen LogP contribution in [0.4, 0.5) is 0 Å². The van der Waals surface area contributed by atoms with E-state index in [-0.39, 0.29) is 0 Å². The molecule has 5 heteroatoms. The van der Waals surface area contributed by atoms with Gasteiger partial charge in [0, 0.05) is 6.20 Å². The van der Waals surface area contributed by atoms with Gasteiger partial charge in [0.15, 0.2) is 0 Å². The first-order valence-electron chi connectivity index (χ1n) is 4.82. The van der Waals surface area contributed by atoms with Crippen LogP contribution in [-0.4, -0.2) is 28.8 Å². The molecule has 0 radical (unpaired) electrons. The summed E-state index contributed by atoms with van der Waals surface area (Å²) in [6.07, 6.45) is 5.38. The second-order valence-corrected chi connectivity index (χ2v) is 3.55. The lowest BCUT2D eigenvalue weighted by molar-refractivity contribution is 0.1000. The molecule has 1 aliphatic rings. The van der Waals surface area contributed by atoms with Crippen molar-refractivity contribution in [1.82, 2.24) is 15.1 Å². The zero-order valence-corrected chi connectivity index (χ0v) is 7.94. The van der Waals surface area contributed by atoms with Gasteiger partial charge in [-0.15, -0.1) is 0 Å². The summed E-state index contributed by atoms with van der Waals surface area (Å²) in [7, 11) is 0. The second-order valence-electron chi connectivity index (χ2n) is 3.55. The molecule has 0 bridgehead atoms. The van der Waals surface area contributed by atoms with Gasteiger partial charge in [0.25, 0.3) is 5.91 Å². The van der Waals surface area contributed by atoms with Gasteiger partial charge < -0.3 is 11.1 Å². The van der Waals surface area contributed by atoms with Gasteiger partial charge in [0.2, 0.25) is 0 Å². The summed E-state index contributed by atoms with van der Waals surface area (Å²) in [6.45, 7) is 2.02. The first-order chi connectivity index (χ1) is 6.77. The number of hydrogen-bond acceptors (Lipinski definition) is 3. The highest BCUT2D eigenvalue weighted by atomic mass is 16.1. The van der Waals surface area contributed by atoms with Gasteiger partial charge in [0.1, 0.15) is 0 Å². The number of primary amides is 1. The molecular formula is C9H14N4O. The maximum Gasteiger partial charge on any atom is 0.251 e. The standard InChI is InChI=1S/C9H14N4O/c10-9(14)7-5-12-13(6-7)8-1-3-11-4-2-8/h5-6,8,11H,1-4H2,(H2,10,14). The third-order valence-corrected chi connectivity index (χ3v) is 2.57. The van der Waals surface area contributed by atoms with Crippen molar-refractivity contribution in [3.05, 3.63) is 18.0 Å². The fourth-order valence-corrected chi connectivity index (χ4v) is 1.74. The van der Waals surface area contributed by atoms with E-state index in [0.29, 0.717) is 11.6 Å². The third-order valence-electron chi connectivity index (χ3n) is 2.57. The van der Waals surface area contributed by atoms with Crippen LogP contribution in [0.1, 0.15) is 29.2 Å². The Balaban J connectivity index is 2.11. The topological polar surface area (TPSA) is 72.9 Å². The highest BCUT2D eigenvalue weighted by Crippen LogP contribution is 2.17. The van der Waals surface area contributed by atoms with Crippen LogP contribution in [0.15, 0.2) is 12.4 Å². The number of rotatable bonds is 2. The smallest absolute Gasteiger partial charge is 0.251 e. The van der Waals surface area contributed by atoms with E-state index in [1.54, 1.807) is 6.20 Å². The van der Waals surface area contributed by atoms with Crippen LogP contribution in [0.2, 0.25) is 0 Å². The Hall–Kier alpha value is -1.36. The average Bonchev–Trinajstić information content (AvgIpc) is 2.68. The van der Waals surface area contributed by atoms with Gasteiger partial charge in [-0.05, 0) is 25.9 Å². The van der Waals surface area contributed by atoms with Crippen LogP contribution in [0.5, 0.6) is 0 Å². The maximum atomic E-state index is 10.9. The van der Waals surface area contributed by atoms with Gasteiger partial charge in [-0.3, -0.25) is 9.48 Å². The number of nitrogens with one attached hydrogen (secondary N) is 1. The molecule has 1 aliphatic heterocycles. The summed E-state index contributed by atoms with van der Waals surface area (Å²) in [5, 5.41) is 7.43. The molecule has 0 spiro atoms. The maximum absolute atomic E-state index is 10.9. The number of nitrogens with two attached hydrogens (primary N) is 1. The number of hydrogen-bond donors (Lipinski definition) is 2. The molecule has 0 aliphatic carbocycles. The van der Waals surface area contributed by atoms with Crippen molar-refractivity contribution in [2.24, 2.45) is 5.73 Å². The summed E-state index contributed by atoms with van der Waals surface area (Å²) in [6, 6.07) is 0.407. The molecule has 0 atom stereocenters. The van der Waals surface area contributed by atoms with E-state index in [1.807, 2.05) is 4.68 Å². The Kier molecular flexibility index (Phi) is 2.49. The van der Waals surface area contributed by atoms with Crippen molar-refractivity contribution in [3.8, 4) is 0 Å². The normalized spacial score (nSPS) is 18.3. The molecule has 3 N–H and O–H groups in total. The quantitative estimate of drug-likeness (QED) is 0.691. The number of amides is 1. The number of carbonyl (C=O) groups excluding carboxylic acids is 1.